The van der Waals surface area contributed by atoms with E-state index < -0.39 is 18.0 Å². The molecule has 1 N–H and O–H groups in total. The standard InChI is InChI=1S/C15H16FN3O3/c16-11-5-1-2-6-13(11)19-9-8-12(17-19)15(20)18-22-14-7-3-4-10-21-14/h1-2,5-6,8-9,14H,3-4,7,10H2,(H,18,20)/t14-/m0/s1. The second-order valence-corrected chi connectivity index (χ2v) is 4.94. The van der Waals surface area contributed by atoms with Gasteiger partial charge < -0.3 is 4.74 Å². The van der Waals surface area contributed by atoms with Crippen molar-refractivity contribution in [3.8, 4) is 5.69 Å². The van der Waals surface area contributed by atoms with Crippen LogP contribution in [0.4, 0.5) is 4.39 Å². The number of hydrogen-bond acceptors (Lipinski definition) is 4. The number of amides is 1. The summed E-state index contributed by atoms with van der Waals surface area (Å²) >= 11 is 0. The zero-order valence-electron chi connectivity index (χ0n) is 11.9. The number of rotatable bonds is 4. The number of nitrogens with one attached hydrogen (secondary N) is 1. The molecule has 1 amide bonds. The highest BCUT2D eigenvalue weighted by Crippen LogP contribution is 2.14. The molecule has 6 nitrogen and oxygen atoms in total. The lowest BCUT2D eigenvalue weighted by Gasteiger charge is -2.21. The zero-order valence-corrected chi connectivity index (χ0v) is 11.9. The summed E-state index contributed by atoms with van der Waals surface area (Å²) < 4.78 is 20.3. The smallest absolute Gasteiger partial charge is 0.295 e. The largest absolute Gasteiger partial charge is 0.350 e. The van der Waals surface area contributed by atoms with Gasteiger partial charge in [0.1, 0.15) is 11.5 Å². The van der Waals surface area contributed by atoms with Crippen LogP contribution in [-0.4, -0.2) is 28.6 Å². The molecule has 1 aromatic carbocycles. The van der Waals surface area contributed by atoms with E-state index in [9.17, 15) is 9.18 Å². The van der Waals surface area contributed by atoms with Crippen LogP contribution in [0.3, 0.4) is 0 Å². The van der Waals surface area contributed by atoms with Gasteiger partial charge in [-0.3, -0.25) is 4.79 Å². The van der Waals surface area contributed by atoms with E-state index in [0.29, 0.717) is 6.61 Å². The lowest BCUT2D eigenvalue weighted by molar-refractivity contribution is -0.186. The lowest BCUT2D eigenvalue weighted by atomic mass is 10.2. The first-order valence-electron chi connectivity index (χ1n) is 7.12. The number of carbonyl (C=O) groups is 1. The number of nitrogens with zero attached hydrogens (tertiary/aromatic N) is 2. The minimum atomic E-state index is -0.496. The van der Waals surface area contributed by atoms with Gasteiger partial charge in [0.15, 0.2) is 12.0 Å². The average Bonchev–Trinajstić information content (AvgIpc) is 3.04. The molecule has 0 unspecified atom stereocenters. The van der Waals surface area contributed by atoms with Crippen molar-refractivity contribution in [1.29, 1.82) is 0 Å². The van der Waals surface area contributed by atoms with Gasteiger partial charge in [-0.15, -0.1) is 0 Å². The van der Waals surface area contributed by atoms with E-state index in [-0.39, 0.29) is 11.4 Å². The molecule has 1 atom stereocenters. The Kier molecular flexibility index (Phi) is 4.45. The van der Waals surface area contributed by atoms with Crippen LogP contribution in [0.25, 0.3) is 5.69 Å². The maximum atomic E-state index is 13.7. The number of halogens is 1. The summed E-state index contributed by atoms with van der Waals surface area (Å²) in [6.07, 6.45) is 3.84. The minimum absolute atomic E-state index is 0.138. The lowest BCUT2D eigenvalue weighted by Crippen LogP contribution is -2.33. The van der Waals surface area contributed by atoms with Gasteiger partial charge in [0.05, 0.1) is 0 Å². The molecule has 1 saturated heterocycles. The molecule has 7 heteroatoms. The molecule has 0 spiro atoms. The van der Waals surface area contributed by atoms with Crippen molar-refractivity contribution >= 4 is 5.91 Å². The van der Waals surface area contributed by atoms with Crippen LogP contribution in [0.1, 0.15) is 29.8 Å². The molecule has 1 aliphatic rings. The van der Waals surface area contributed by atoms with Gasteiger partial charge >= 0.3 is 0 Å². The van der Waals surface area contributed by atoms with Crippen LogP contribution in [0.15, 0.2) is 36.5 Å². The number of hydroxylamine groups is 1. The monoisotopic (exact) mass is 305 g/mol. The molecule has 1 fully saturated rings. The number of hydrogen-bond donors (Lipinski definition) is 1. The first kappa shape index (κ1) is 14.7. The Balaban J connectivity index is 1.63. The van der Waals surface area contributed by atoms with Gasteiger partial charge in [-0.1, -0.05) is 12.1 Å². The van der Waals surface area contributed by atoms with Crippen molar-refractivity contribution in [2.75, 3.05) is 6.61 Å². The normalized spacial score (nSPS) is 18.1. The summed E-state index contributed by atoms with van der Waals surface area (Å²) in [6.45, 7) is 0.627. The first-order valence-corrected chi connectivity index (χ1v) is 7.12. The van der Waals surface area contributed by atoms with E-state index in [0.717, 1.165) is 19.3 Å². The van der Waals surface area contributed by atoms with Gasteiger partial charge in [0.2, 0.25) is 0 Å². The van der Waals surface area contributed by atoms with Crippen molar-refractivity contribution in [3.63, 3.8) is 0 Å². The van der Waals surface area contributed by atoms with E-state index >= 15 is 0 Å². The van der Waals surface area contributed by atoms with E-state index in [1.54, 1.807) is 18.2 Å². The van der Waals surface area contributed by atoms with E-state index in [2.05, 4.69) is 10.6 Å². The highest BCUT2D eigenvalue weighted by atomic mass is 19.1. The molecule has 0 radical (unpaired) electrons. The van der Waals surface area contributed by atoms with Crippen LogP contribution < -0.4 is 5.48 Å². The van der Waals surface area contributed by atoms with Crippen LogP contribution in [-0.2, 0) is 9.57 Å². The van der Waals surface area contributed by atoms with Crippen LogP contribution in [0.2, 0.25) is 0 Å². The number of para-hydroxylation sites is 1. The first-order chi connectivity index (χ1) is 10.7. The van der Waals surface area contributed by atoms with E-state index in [4.69, 9.17) is 9.57 Å². The molecule has 0 bridgehead atoms. The fourth-order valence-electron chi connectivity index (χ4n) is 2.19. The van der Waals surface area contributed by atoms with Gasteiger partial charge in [-0.25, -0.2) is 19.4 Å². The second-order valence-electron chi connectivity index (χ2n) is 4.94. The Morgan fingerprint density at radius 3 is 3.00 bits per heavy atom. The third-order valence-electron chi connectivity index (χ3n) is 3.34. The maximum Gasteiger partial charge on any atom is 0.295 e. The van der Waals surface area contributed by atoms with Gasteiger partial charge in [0.25, 0.3) is 5.91 Å². The summed E-state index contributed by atoms with van der Waals surface area (Å²) in [5.41, 5.74) is 2.73. The minimum Gasteiger partial charge on any atom is -0.350 e. The summed E-state index contributed by atoms with van der Waals surface area (Å²) in [5.74, 6) is -0.909. The molecule has 1 aromatic heterocycles. The fraction of sp³-hybridized carbons (Fsp3) is 0.333. The Bertz CT molecular complexity index is 653. The highest BCUT2D eigenvalue weighted by Gasteiger charge is 2.17. The molecule has 0 saturated carbocycles. The Labute approximate surface area is 126 Å². The molecule has 3 rings (SSSR count). The zero-order chi connectivity index (χ0) is 15.4. The number of carbonyl (C=O) groups excluding carboxylic acids is 1. The van der Waals surface area contributed by atoms with Crippen LogP contribution in [0, 0.1) is 5.82 Å². The summed E-state index contributed by atoms with van der Waals surface area (Å²) in [7, 11) is 0. The van der Waals surface area contributed by atoms with Crippen molar-refractivity contribution in [1.82, 2.24) is 15.3 Å². The van der Waals surface area contributed by atoms with Crippen molar-refractivity contribution in [2.45, 2.75) is 25.6 Å². The SMILES string of the molecule is O=C(NO[C@H]1CCCCO1)c1ccn(-c2ccccc2F)n1. The Morgan fingerprint density at radius 1 is 1.36 bits per heavy atom. The van der Waals surface area contributed by atoms with E-state index in [1.165, 1.54) is 23.0 Å². The third-order valence-corrected chi connectivity index (χ3v) is 3.34. The quantitative estimate of drug-likeness (QED) is 0.880. The second kappa shape index (κ2) is 6.67. The molecule has 22 heavy (non-hydrogen) atoms. The maximum absolute atomic E-state index is 13.7. The topological polar surface area (TPSA) is 65.4 Å². The third kappa shape index (κ3) is 3.32. The van der Waals surface area contributed by atoms with Crippen LogP contribution in [0.5, 0.6) is 0 Å². The summed E-state index contributed by atoms with van der Waals surface area (Å²) in [5, 5.41) is 4.05. The number of aromatic nitrogens is 2. The van der Waals surface area contributed by atoms with Crippen LogP contribution >= 0.6 is 0 Å². The molecule has 1 aliphatic heterocycles. The molecule has 2 heterocycles. The molecule has 2 aromatic rings. The van der Waals surface area contributed by atoms with Gasteiger partial charge in [-0.2, -0.15) is 5.10 Å². The predicted octanol–water partition coefficient (Wildman–Crippen LogP) is 2.20. The van der Waals surface area contributed by atoms with E-state index in [1.807, 2.05) is 0 Å². The Morgan fingerprint density at radius 2 is 2.23 bits per heavy atom. The average molecular weight is 305 g/mol. The molecular weight excluding hydrogens is 289 g/mol. The van der Waals surface area contributed by atoms with Crippen molar-refractivity contribution in [3.05, 3.63) is 48.0 Å². The number of benzene rings is 1. The van der Waals surface area contributed by atoms with Gasteiger partial charge in [-0.05, 0) is 31.0 Å². The highest BCUT2D eigenvalue weighted by molar-refractivity contribution is 5.91. The van der Waals surface area contributed by atoms with Gasteiger partial charge in [0, 0.05) is 19.2 Å². The summed E-state index contributed by atoms with van der Waals surface area (Å²) in [4.78, 5) is 17.1. The molecule has 0 aliphatic carbocycles. The van der Waals surface area contributed by atoms with Crippen molar-refractivity contribution in [2.24, 2.45) is 0 Å². The molecule has 116 valence electrons. The molecular formula is C15H16FN3O3. The predicted molar refractivity (Wildman–Crippen MR) is 75.7 cm³/mol. The fourth-order valence-corrected chi connectivity index (χ4v) is 2.19. The number of ether oxygens (including phenoxy) is 1. The Hall–Kier alpha value is -2.25. The summed E-state index contributed by atoms with van der Waals surface area (Å²) in [6, 6.07) is 7.70. The van der Waals surface area contributed by atoms with Crippen molar-refractivity contribution < 1.29 is 18.8 Å².